The van der Waals surface area contributed by atoms with Crippen LogP contribution in [0.3, 0.4) is 0 Å². The molecule has 0 amide bonds. The molecular formula is C14H23NO2. The molecule has 0 fully saturated rings. The van der Waals surface area contributed by atoms with E-state index >= 15 is 0 Å². The molecule has 0 aliphatic rings. The summed E-state index contributed by atoms with van der Waals surface area (Å²) in [4.78, 5) is 0. The van der Waals surface area contributed by atoms with Crippen LogP contribution in [0.15, 0.2) is 12.1 Å². The zero-order chi connectivity index (χ0) is 13.0. The third-order valence-electron chi connectivity index (χ3n) is 3.10. The van der Waals surface area contributed by atoms with Crippen LogP contribution in [-0.4, -0.2) is 24.8 Å². The Labute approximate surface area is 104 Å². The summed E-state index contributed by atoms with van der Waals surface area (Å²) >= 11 is 0. The lowest BCUT2D eigenvalue weighted by molar-refractivity contribution is 0.136. The number of aliphatic hydroxyl groups is 1. The highest BCUT2D eigenvalue weighted by Gasteiger charge is 2.19. The van der Waals surface area contributed by atoms with Crippen molar-refractivity contribution in [2.24, 2.45) is 0 Å². The van der Waals surface area contributed by atoms with Gasteiger partial charge in [0, 0.05) is 6.04 Å². The number of hydrogen-bond donors (Lipinski definition) is 2. The summed E-state index contributed by atoms with van der Waals surface area (Å²) in [7, 11) is 1.66. The second-order valence-corrected chi connectivity index (χ2v) is 4.47. The summed E-state index contributed by atoms with van der Waals surface area (Å²) in [6.45, 7) is 8.90. The highest BCUT2D eigenvalue weighted by molar-refractivity contribution is 5.42. The first kappa shape index (κ1) is 14.0. The summed E-state index contributed by atoms with van der Waals surface area (Å²) in [5.74, 6) is 0.840. The van der Waals surface area contributed by atoms with Crippen LogP contribution in [0.5, 0.6) is 5.75 Å². The van der Waals surface area contributed by atoms with Gasteiger partial charge in [0.2, 0.25) is 0 Å². The fraction of sp³-hybridized carbons (Fsp3) is 0.571. The molecule has 0 aliphatic heterocycles. The Bertz CT molecular complexity index is 353. The Balaban J connectivity index is 3.05. The van der Waals surface area contributed by atoms with Crippen molar-refractivity contribution in [1.82, 2.24) is 5.32 Å². The van der Waals surface area contributed by atoms with Gasteiger partial charge in [0.25, 0.3) is 0 Å². The summed E-state index contributed by atoms with van der Waals surface area (Å²) in [6, 6.07) is 3.97. The van der Waals surface area contributed by atoms with Crippen molar-refractivity contribution in [3.05, 3.63) is 28.8 Å². The number of likely N-dealkylation sites (N-methyl/N-ethyl adjacent to an activating group) is 1. The predicted octanol–water partition coefficient (Wildman–Crippen LogP) is 2.34. The molecular weight excluding hydrogens is 214 g/mol. The van der Waals surface area contributed by atoms with E-state index in [1.165, 1.54) is 0 Å². The first-order valence-corrected chi connectivity index (χ1v) is 6.07. The number of benzene rings is 1. The Morgan fingerprint density at radius 2 is 1.82 bits per heavy atom. The van der Waals surface area contributed by atoms with E-state index in [0.717, 1.165) is 29.0 Å². The number of methoxy groups -OCH3 is 1. The van der Waals surface area contributed by atoms with Crippen LogP contribution in [0, 0.1) is 13.8 Å². The third-order valence-corrected chi connectivity index (χ3v) is 3.10. The van der Waals surface area contributed by atoms with Gasteiger partial charge in [-0.3, -0.25) is 0 Å². The molecule has 1 rings (SSSR count). The summed E-state index contributed by atoms with van der Waals surface area (Å²) < 4.78 is 5.22. The van der Waals surface area contributed by atoms with Crippen LogP contribution in [-0.2, 0) is 0 Å². The average molecular weight is 237 g/mol. The molecule has 2 unspecified atom stereocenters. The van der Waals surface area contributed by atoms with Crippen LogP contribution in [0.25, 0.3) is 0 Å². The molecule has 3 heteroatoms. The minimum absolute atomic E-state index is 0.0470. The molecule has 0 bridgehead atoms. The number of ether oxygens (including phenoxy) is 1. The molecule has 0 radical (unpaired) electrons. The van der Waals surface area contributed by atoms with Crippen molar-refractivity contribution < 1.29 is 9.84 Å². The highest BCUT2D eigenvalue weighted by Crippen LogP contribution is 2.28. The molecule has 17 heavy (non-hydrogen) atoms. The Morgan fingerprint density at radius 3 is 2.24 bits per heavy atom. The zero-order valence-electron chi connectivity index (χ0n) is 11.4. The van der Waals surface area contributed by atoms with E-state index < -0.39 is 6.10 Å². The van der Waals surface area contributed by atoms with Gasteiger partial charge in [0.05, 0.1) is 13.2 Å². The van der Waals surface area contributed by atoms with E-state index in [2.05, 4.69) is 5.32 Å². The maximum Gasteiger partial charge on any atom is 0.119 e. The smallest absolute Gasteiger partial charge is 0.119 e. The van der Waals surface area contributed by atoms with Crippen molar-refractivity contribution in [2.45, 2.75) is 39.8 Å². The molecule has 0 aromatic heterocycles. The van der Waals surface area contributed by atoms with Gasteiger partial charge in [-0.1, -0.05) is 6.92 Å². The van der Waals surface area contributed by atoms with Crippen LogP contribution in [0.4, 0.5) is 0 Å². The zero-order valence-corrected chi connectivity index (χ0v) is 11.4. The highest BCUT2D eigenvalue weighted by atomic mass is 16.5. The molecule has 0 saturated heterocycles. The molecule has 2 N–H and O–H groups in total. The molecule has 3 nitrogen and oxygen atoms in total. The van der Waals surface area contributed by atoms with E-state index in [1.807, 2.05) is 39.8 Å². The topological polar surface area (TPSA) is 41.5 Å². The number of aryl methyl sites for hydroxylation is 2. The van der Waals surface area contributed by atoms with E-state index in [-0.39, 0.29) is 6.04 Å². The Hall–Kier alpha value is -1.06. The van der Waals surface area contributed by atoms with Crippen molar-refractivity contribution in [3.8, 4) is 5.75 Å². The van der Waals surface area contributed by atoms with Crippen molar-refractivity contribution in [2.75, 3.05) is 13.7 Å². The Kier molecular flexibility index (Phi) is 4.97. The van der Waals surface area contributed by atoms with Crippen molar-refractivity contribution in [1.29, 1.82) is 0 Å². The number of nitrogens with one attached hydrogen (secondary N) is 1. The SMILES string of the molecule is CCNC(C)C(O)c1c(C)cc(OC)cc1C. The third kappa shape index (κ3) is 3.20. The lowest BCUT2D eigenvalue weighted by Gasteiger charge is -2.23. The fourth-order valence-electron chi connectivity index (χ4n) is 2.20. The standard InChI is InChI=1S/C14H23NO2/c1-6-15-11(4)14(16)13-9(2)7-12(17-5)8-10(13)3/h7-8,11,14-16H,6H2,1-5H3. The van der Waals surface area contributed by atoms with Gasteiger partial charge < -0.3 is 15.2 Å². The molecule has 0 spiro atoms. The van der Waals surface area contributed by atoms with E-state index in [0.29, 0.717) is 0 Å². The van der Waals surface area contributed by atoms with Crippen LogP contribution in [0.1, 0.15) is 36.6 Å². The normalized spacial score (nSPS) is 14.5. The van der Waals surface area contributed by atoms with E-state index in [9.17, 15) is 5.11 Å². The largest absolute Gasteiger partial charge is 0.497 e. The minimum Gasteiger partial charge on any atom is -0.497 e. The Morgan fingerprint density at radius 1 is 1.29 bits per heavy atom. The van der Waals surface area contributed by atoms with E-state index in [4.69, 9.17) is 4.74 Å². The van der Waals surface area contributed by atoms with Gasteiger partial charge >= 0.3 is 0 Å². The molecule has 2 atom stereocenters. The first-order chi connectivity index (χ1) is 8.01. The first-order valence-electron chi connectivity index (χ1n) is 6.07. The van der Waals surface area contributed by atoms with Gasteiger partial charge in [0.1, 0.15) is 5.75 Å². The lowest BCUT2D eigenvalue weighted by atomic mass is 9.94. The van der Waals surface area contributed by atoms with Gasteiger partial charge in [-0.25, -0.2) is 0 Å². The van der Waals surface area contributed by atoms with Gasteiger partial charge in [-0.2, -0.15) is 0 Å². The van der Waals surface area contributed by atoms with Gasteiger partial charge in [-0.05, 0) is 56.1 Å². The van der Waals surface area contributed by atoms with Crippen LogP contribution >= 0.6 is 0 Å². The summed E-state index contributed by atoms with van der Waals surface area (Å²) in [5, 5.41) is 13.6. The molecule has 1 aromatic carbocycles. The molecule has 0 heterocycles. The second kappa shape index (κ2) is 6.03. The summed E-state index contributed by atoms with van der Waals surface area (Å²) in [5.41, 5.74) is 3.14. The quantitative estimate of drug-likeness (QED) is 0.826. The molecule has 0 aliphatic carbocycles. The number of hydrogen-bond acceptors (Lipinski definition) is 3. The molecule has 1 aromatic rings. The second-order valence-electron chi connectivity index (χ2n) is 4.47. The lowest BCUT2D eigenvalue weighted by Crippen LogP contribution is -2.32. The fourth-order valence-corrected chi connectivity index (χ4v) is 2.20. The van der Waals surface area contributed by atoms with Crippen molar-refractivity contribution >= 4 is 0 Å². The maximum atomic E-state index is 10.3. The molecule has 96 valence electrons. The van der Waals surface area contributed by atoms with Crippen LogP contribution in [0.2, 0.25) is 0 Å². The number of aliphatic hydroxyl groups excluding tert-OH is 1. The average Bonchev–Trinajstić information content (AvgIpc) is 2.28. The predicted molar refractivity (Wildman–Crippen MR) is 70.6 cm³/mol. The maximum absolute atomic E-state index is 10.3. The minimum atomic E-state index is -0.485. The monoisotopic (exact) mass is 237 g/mol. The van der Waals surface area contributed by atoms with Gasteiger partial charge in [0.15, 0.2) is 0 Å². The van der Waals surface area contributed by atoms with Gasteiger partial charge in [-0.15, -0.1) is 0 Å². The number of rotatable bonds is 5. The summed E-state index contributed by atoms with van der Waals surface area (Å²) in [6.07, 6.45) is -0.485. The van der Waals surface area contributed by atoms with E-state index in [1.54, 1.807) is 7.11 Å². The van der Waals surface area contributed by atoms with Crippen molar-refractivity contribution in [3.63, 3.8) is 0 Å². The molecule has 0 saturated carbocycles. The van der Waals surface area contributed by atoms with Crippen LogP contribution < -0.4 is 10.1 Å².